The van der Waals surface area contributed by atoms with Crippen LogP contribution in [0.4, 0.5) is 16.0 Å². The highest BCUT2D eigenvalue weighted by molar-refractivity contribution is 9.10. The zero-order chi connectivity index (χ0) is 16.6. The van der Waals surface area contributed by atoms with Crippen LogP contribution in [0.15, 0.2) is 41.0 Å². The van der Waals surface area contributed by atoms with Gasteiger partial charge in [0.05, 0.1) is 0 Å². The number of anilines is 1. The summed E-state index contributed by atoms with van der Waals surface area (Å²) in [5.74, 6) is 0.0184. The number of rotatable bonds is 4. The summed E-state index contributed by atoms with van der Waals surface area (Å²) in [7, 11) is 1.80. The standard InChI is InChI=1S/C14H11BrFN5O2/c1-19(8-9-2-3-10(16)6-11(9)15)13-5-4-12-17-7-14(21(22)23)20(12)18-13/h2-7H,8H2,1H3. The molecule has 0 saturated heterocycles. The molecule has 0 unspecified atom stereocenters. The summed E-state index contributed by atoms with van der Waals surface area (Å²) >= 11 is 3.32. The van der Waals surface area contributed by atoms with E-state index >= 15 is 0 Å². The zero-order valence-corrected chi connectivity index (χ0v) is 13.6. The first-order valence-corrected chi connectivity index (χ1v) is 7.39. The van der Waals surface area contributed by atoms with Gasteiger partial charge in [0.25, 0.3) is 0 Å². The molecule has 0 spiro atoms. The molecule has 118 valence electrons. The highest BCUT2D eigenvalue weighted by atomic mass is 79.9. The van der Waals surface area contributed by atoms with Crippen LogP contribution in [0.2, 0.25) is 0 Å². The van der Waals surface area contributed by atoms with Crippen molar-refractivity contribution in [3.63, 3.8) is 0 Å². The Morgan fingerprint density at radius 3 is 2.87 bits per heavy atom. The molecule has 0 fully saturated rings. The maximum absolute atomic E-state index is 13.1. The minimum absolute atomic E-state index is 0.196. The number of nitro groups is 1. The molecule has 0 aliphatic carbocycles. The highest BCUT2D eigenvalue weighted by Crippen LogP contribution is 2.22. The first kappa shape index (κ1) is 15.3. The molecule has 0 radical (unpaired) electrons. The average Bonchev–Trinajstić information content (AvgIpc) is 2.93. The molecule has 0 aliphatic heterocycles. The largest absolute Gasteiger partial charge is 0.368 e. The average molecular weight is 380 g/mol. The van der Waals surface area contributed by atoms with Crippen molar-refractivity contribution in [2.24, 2.45) is 0 Å². The number of imidazole rings is 1. The van der Waals surface area contributed by atoms with Gasteiger partial charge in [-0.2, -0.15) is 0 Å². The van der Waals surface area contributed by atoms with Crippen LogP contribution in [-0.2, 0) is 6.54 Å². The Kier molecular flexibility index (Phi) is 3.95. The molecule has 1 aromatic carbocycles. The van der Waals surface area contributed by atoms with Crippen LogP contribution in [0.25, 0.3) is 5.65 Å². The third-order valence-corrected chi connectivity index (χ3v) is 4.07. The highest BCUT2D eigenvalue weighted by Gasteiger charge is 2.17. The van der Waals surface area contributed by atoms with E-state index in [0.29, 0.717) is 22.5 Å². The number of fused-ring (bicyclic) bond motifs is 1. The lowest BCUT2D eigenvalue weighted by molar-refractivity contribution is -0.391. The molecular formula is C14H11BrFN5O2. The van der Waals surface area contributed by atoms with Crippen molar-refractivity contribution < 1.29 is 9.31 Å². The van der Waals surface area contributed by atoms with Crippen molar-refractivity contribution >= 4 is 33.2 Å². The van der Waals surface area contributed by atoms with Gasteiger partial charge >= 0.3 is 5.82 Å². The molecule has 0 atom stereocenters. The van der Waals surface area contributed by atoms with E-state index in [4.69, 9.17) is 0 Å². The van der Waals surface area contributed by atoms with Crippen LogP contribution in [0.3, 0.4) is 0 Å². The molecular weight excluding hydrogens is 369 g/mol. The van der Waals surface area contributed by atoms with Gasteiger partial charge in [-0.25, -0.2) is 9.37 Å². The number of halogens is 2. The monoisotopic (exact) mass is 379 g/mol. The van der Waals surface area contributed by atoms with E-state index in [-0.39, 0.29) is 11.6 Å². The minimum atomic E-state index is -0.534. The topological polar surface area (TPSA) is 76.6 Å². The summed E-state index contributed by atoms with van der Waals surface area (Å²) in [6.45, 7) is 0.460. The van der Waals surface area contributed by atoms with Gasteiger partial charge in [-0.05, 0) is 28.7 Å². The molecule has 0 saturated carbocycles. The maximum atomic E-state index is 13.1. The lowest BCUT2D eigenvalue weighted by Crippen LogP contribution is -2.19. The predicted molar refractivity (Wildman–Crippen MR) is 85.8 cm³/mol. The Bertz CT molecular complexity index is 898. The van der Waals surface area contributed by atoms with Crippen molar-refractivity contribution in [2.45, 2.75) is 6.54 Å². The molecule has 0 bridgehead atoms. The summed E-state index contributed by atoms with van der Waals surface area (Å²) in [5.41, 5.74) is 1.27. The molecule has 0 N–H and O–H groups in total. The van der Waals surface area contributed by atoms with Crippen LogP contribution in [0, 0.1) is 15.9 Å². The van der Waals surface area contributed by atoms with Crippen molar-refractivity contribution in [2.75, 3.05) is 11.9 Å². The second-order valence-corrected chi connectivity index (χ2v) is 5.78. The Balaban J connectivity index is 1.92. The Labute approximate surface area is 138 Å². The van der Waals surface area contributed by atoms with E-state index in [1.165, 1.54) is 22.8 Å². The number of nitrogens with zero attached hydrogens (tertiary/aromatic N) is 5. The van der Waals surface area contributed by atoms with Gasteiger partial charge in [0.15, 0.2) is 5.82 Å². The fourth-order valence-corrected chi connectivity index (χ4v) is 2.64. The van der Waals surface area contributed by atoms with Gasteiger partial charge in [-0.3, -0.25) is 0 Å². The number of hydrogen-bond acceptors (Lipinski definition) is 5. The second-order valence-electron chi connectivity index (χ2n) is 4.93. The van der Waals surface area contributed by atoms with Crippen LogP contribution in [0.1, 0.15) is 5.56 Å². The van der Waals surface area contributed by atoms with Crippen molar-refractivity contribution in [3.8, 4) is 0 Å². The van der Waals surface area contributed by atoms with Gasteiger partial charge in [-0.15, -0.1) is 0 Å². The van der Waals surface area contributed by atoms with E-state index in [2.05, 4.69) is 26.0 Å². The quantitative estimate of drug-likeness (QED) is 0.513. The van der Waals surface area contributed by atoms with E-state index in [9.17, 15) is 14.5 Å². The fraction of sp³-hybridized carbons (Fsp3) is 0.143. The zero-order valence-electron chi connectivity index (χ0n) is 12.0. The summed E-state index contributed by atoms with van der Waals surface area (Å²) < 4.78 is 15.0. The summed E-state index contributed by atoms with van der Waals surface area (Å²) in [6, 6.07) is 7.83. The third-order valence-electron chi connectivity index (χ3n) is 3.33. The van der Waals surface area contributed by atoms with E-state index < -0.39 is 4.92 Å². The molecule has 9 heteroatoms. The molecule has 23 heavy (non-hydrogen) atoms. The van der Waals surface area contributed by atoms with Gasteiger partial charge in [-0.1, -0.05) is 31.6 Å². The van der Waals surface area contributed by atoms with E-state index in [1.807, 2.05) is 0 Å². The minimum Gasteiger partial charge on any atom is -0.358 e. The molecule has 0 aliphatic rings. The number of aromatic nitrogens is 3. The van der Waals surface area contributed by atoms with E-state index in [0.717, 1.165) is 5.56 Å². The molecule has 2 aromatic heterocycles. The Morgan fingerprint density at radius 2 is 2.17 bits per heavy atom. The van der Waals surface area contributed by atoms with Gasteiger partial charge < -0.3 is 15.0 Å². The van der Waals surface area contributed by atoms with Crippen LogP contribution < -0.4 is 4.90 Å². The predicted octanol–water partition coefficient (Wildman–Crippen LogP) is 3.18. The maximum Gasteiger partial charge on any atom is 0.368 e. The second kappa shape index (κ2) is 5.92. The van der Waals surface area contributed by atoms with Gasteiger partial charge in [0, 0.05) is 24.1 Å². The molecule has 2 heterocycles. The Morgan fingerprint density at radius 1 is 1.39 bits per heavy atom. The van der Waals surface area contributed by atoms with Crippen molar-refractivity contribution in [1.82, 2.24) is 14.6 Å². The SMILES string of the molecule is CN(Cc1ccc(F)cc1Br)c1ccc2ncc([N+](=O)[O-])n2n1. The first-order chi connectivity index (χ1) is 11.0. The van der Waals surface area contributed by atoms with Crippen molar-refractivity contribution in [1.29, 1.82) is 0 Å². The molecule has 0 amide bonds. The smallest absolute Gasteiger partial charge is 0.358 e. The summed E-state index contributed by atoms with van der Waals surface area (Å²) in [5, 5.41) is 15.2. The number of benzene rings is 1. The summed E-state index contributed by atoms with van der Waals surface area (Å²) in [4.78, 5) is 16.2. The molecule has 3 aromatic rings. The van der Waals surface area contributed by atoms with Gasteiger partial charge in [0.1, 0.15) is 12.0 Å². The van der Waals surface area contributed by atoms with Crippen LogP contribution in [0.5, 0.6) is 0 Å². The van der Waals surface area contributed by atoms with Crippen LogP contribution in [-0.4, -0.2) is 26.6 Å². The lowest BCUT2D eigenvalue weighted by atomic mass is 10.2. The van der Waals surface area contributed by atoms with Crippen molar-refractivity contribution in [3.05, 3.63) is 62.5 Å². The fourth-order valence-electron chi connectivity index (χ4n) is 2.17. The number of hydrogen-bond donors (Lipinski definition) is 0. The summed E-state index contributed by atoms with van der Waals surface area (Å²) in [6.07, 6.45) is 1.17. The first-order valence-electron chi connectivity index (χ1n) is 6.60. The third kappa shape index (κ3) is 3.00. The normalized spacial score (nSPS) is 10.9. The van der Waals surface area contributed by atoms with Crippen LogP contribution >= 0.6 is 15.9 Å². The molecule has 3 rings (SSSR count). The molecule has 7 nitrogen and oxygen atoms in total. The van der Waals surface area contributed by atoms with Gasteiger partial charge in [0.2, 0.25) is 5.65 Å². The lowest BCUT2D eigenvalue weighted by Gasteiger charge is -2.17. The Hall–Kier alpha value is -2.55. The van der Waals surface area contributed by atoms with E-state index in [1.54, 1.807) is 30.1 Å².